The van der Waals surface area contributed by atoms with E-state index in [0.29, 0.717) is 11.4 Å². The molecule has 0 spiro atoms. The minimum absolute atomic E-state index is 0.599. The van der Waals surface area contributed by atoms with E-state index in [1.807, 2.05) is 66.7 Å². The van der Waals surface area contributed by atoms with Crippen molar-refractivity contribution in [3.05, 3.63) is 102 Å². The first-order valence-electron chi connectivity index (χ1n) is 7.55. The fraction of sp³-hybridized carbons (Fsp3) is 0. The van der Waals surface area contributed by atoms with Crippen LogP contribution in [0.1, 0.15) is 5.56 Å². The molecule has 0 atom stereocenters. The molecule has 0 saturated heterocycles. The first-order valence-corrected chi connectivity index (χ1v) is 9.06. The van der Waals surface area contributed by atoms with Gasteiger partial charge in [0.25, 0.3) is 10.0 Å². The molecule has 24 heavy (non-hydrogen) atoms. The van der Waals surface area contributed by atoms with Crippen LogP contribution in [0.15, 0.2) is 96.4 Å². The van der Waals surface area contributed by atoms with Crippen molar-refractivity contribution in [1.82, 2.24) is 0 Å². The Hall–Kier alpha value is -2.85. The van der Waals surface area contributed by atoms with Gasteiger partial charge in [0.1, 0.15) is 0 Å². The van der Waals surface area contributed by atoms with Gasteiger partial charge in [0.15, 0.2) is 0 Å². The van der Waals surface area contributed by atoms with Crippen LogP contribution < -0.4 is 4.31 Å². The summed E-state index contributed by atoms with van der Waals surface area (Å²) in [4.78, 5) is 0. The molecule has 0 amide bonds. The third-order valence-corrected chi connectivity index (χ3v) is 4.88. The molecule has 0 aliphatic carbocycles. The lowest BCUT2D eigenvalue weighted by Gasteiger charge is -2.22. The van der Waals surface area contributed by atoms with E-state index in [4.69, 9.17) is 0 Å². The van der Waals surface area contributed by atoms with Crippen molar-refractivity contribution in [3.63, 3.8) is 0 Å². The summed E-state index contributed by atoms with van der Waals surface area (Å²) in [5.41, 5.74) is 2.03. The Morgan fingerprint density at radius 2 is 1.04 bits per heavy atom. The van der Waals surface area contributed by atoms with Gasteiger partial charge in [-0.05, 0) is 35.9 Å². The Morgan fingerprint density at radius 1 is 0.625 bits per heavy atom. The molecular formula is C20H17NO2S. The fourth-order valence-electron chi connectivity index (χ4n) is 2.36. The van der Waals surface area contributed by atoms with Crippen LogP contribution in [-0.4, -0.2) is 8.42 Å². The highest BCUT2D eigenvalue weighted by Crippen LogP contribution is 2.29. The summed E-state index contributed by atoms with van der Waals surface area (Å²) in [6.45, 7) is 0. The molecule has 0 N–H and O–H groups in total. The van der Waals surface area contributed by atoms with Crippen LogP contribution in [0.5, 0.6) is 0 Å². The third kappa shape index (κ3) is 3.73. The quantitative estimate of drug-likeness (QED) is 0.670. The number of anilines is 2. The van der Waals surface area contributed by atoms with Crippen molar-refractivity contribution in [2.75, 3.05) is 4.31 Å². The molecule has 0 saturated carbocycles. The molecule has 0 heterocycles. The number of sulfonamides is 1. The maximum atomic E-state index is 12.9. The number of hydrogen-bond donors (Lipinski definition) is 0. The Balaban J connectivity index is 2.03. The number of para-hydroxylation sites is 2. The van der Waals surface area contributed by atoms with E-state index >= 15 is 0 Å². The SMILES string of the molecule is O=S(=O)(C=Cc1ccccc1)N(c1ccccc1)c1ccccc1. The predicted molar refractivity (Wildman–Crippen MR) is 99.4 cm³/mol. The van der Waals surface area contributed by atoms with E-state index in [-0.39, 0.29) is 0 Å². The van der Waals surface area contributed by atoms with Gasteiger partial charge in [-0.25, -0.2) is 12.7 Å². The molecule has 0 bridgehead atoms. The van der Waals surface area contributed by atoms with Gasteiger partial charge in [0.2, 0.25) is 0 Å². The summed E-state index contributed by atoms with van der Waals surface area (Å²) in [6.07, 6.45) is 1.61. The lowest BCUT2D eigenvalue weighted by atomic mass is 10.2. The van der Waals surface area contributed by atoms with Gasteiger partial charge in [-0.1, -0.05) is 66.7 Å². The van der Waals surface area contributed by atoms with Gasteiger partial charge in [0, 0.05) is 0 Å². The maximum Gasteiger partial charge on any atom is 0.261 e. The van der Waals surface area contributed by atoms with E-state index < -0.39 is 10.0 Å². The lowest BCUT2D eigenvalue weighted by Crippen LogP contribution is -2.23. The van der Waals surface area contributed by atoms with Crippen LogP contribution >= 0.6 is 0 Å². The average molecular weight is 335 g/mol. The van der Waals surface area contributed by atoms with E-state index in [1.165, 1.54) is 9.71 Å². The van der Waals surface area contributed by atoms with Crippen LogP contribution in [0, 0.1) is 0 Å². The van der Waals surface area contributed by atoms with E-state index in [9.17, 15) is 8.42 Å². The molecule has 0 radical (unpaired) electrons. The minimum Gasteiger partial charge on any atom is -0.235 e. The zero-order chi connectivity index (χ0) is 16.8. The van der Waals surface area contributed by atoms with Crippen LogP contribution in [0.2, 0.25) is 0 Å². The van der Waals surface area contributed by atoms with Crippen LogP contribution in [0.25, 0.3) is 6.08 Å². The van der Waals surface area contributed by atoms with Gasteiger partial charge < -0.3 is 0 Å². The topological polar surface area (TPSA) is 37.4 Å². The zero-order valence-corrected chi connectivity index (χ0v) is 13.8. The van der Waals surface area contributed by atoms with Crippen molar-refractivity contribution in [2.45, 2.75) is 0 Å². The monoisotopic (exact) mass is 335 g/mol. The Morgan fingerprint density at radius 3 is 1.50 bits per heavy atom. The van der Waals surface area contributed by atoms with Gasteiger partial charge in [-0.3, -0.25) is 0 Å². The third-order valence-electron chi connectivity index (χ3n) is 3.47. The smallest absolute Gasteiger partial charge is 0.235 e. The minimum atomic E-state index is -3.67. The summed E-state index contributed by atoms with van der Waals surface area (Å²) in [5.74, 6) is 0. The van der Waals surface area contributed by atoms with Crippen LogP contribution in [-0.2, 0) is 10.0 Å². The molecule has 120 valence electrons. The van der Waals surface area contributed by atoms with Crippen LogP contribution in [0.4, 0.5) is 11.4 Å². The first kappa shape index (κ1) is 16.0. The van der Waals surface area contributed by atoms with Crippen molar-refractivity contribution in [2.24, 2.45) is 0 Å². The zero-order valence-electron chi connectivity index (χ0n) is 13.0. The normalized spacial score (nSPS) is 11.5. The summed E-state index contributed by atoms with van der Waals surface area (Å²) in [7, 11) is -3.67. The maximum absolute atomic E-state index is 12.9. The molecular weight excluding hydrogens is 318 g/mol. The molecule has 0 aliphatic rings. The number of nitrogens with zero attached hydrogens (tertiary/aromatic N) is 1. The molecule has 3 aromatic rings. The summed E-state index contributed by atoms with van der Waals surface area (Å²) >= 11 is 0. The largest absolute Gasteiger partial charge is 0.261 e. The van der Waals surface area contributed by atoms with Crippen molar-refractivity contribution >= 4 is 27.5 Å². The van der Waals surface area contributed by atoms with Gasteiger partial charge in [-0.15, -0.1) is 0 Å². The van der Waals surface area contributed by atoms with Gasteiger partial charge in [-0.2, -0.15) is 0 Å². The highest BCUT2D eigenvalue weighted by molar-refractivity contribution is 7.96. The van der Waals surface area contributed by atoms with E-state index in [2.05, 4.69) is 0 Å². The van der Waals surface area contributed by atoms with E-state index in [0.717, 1.165) is 5.56 Å². The van der Waals surface area contributed by atoms with Gasteiger partial charge >= 0.3 is 0 Å². The molecule has 4 heteroatoms. The lowest BCUT2D eigenvalue weighted by molar-refractivity contribution is 0.605. The van der Waals surface area contributed by atoms with Crippen molar-refractivity contribution in [1.29, 1.82) is 0 Å². The molecule has 3 nitrogen and oxygen atoms in total. The summed E-state index contributed by atoms with van der Waals surface area (Å²) in [5, 5.41) is 1.24. The highest BCUT2D eigenvalue weighted by atomic mass is 32.2. The fourth-order valence-corrected chi connectivity index (χ4v) is 3.64. The first-order chi connectivity index (χ1) is 11.7. The second-order valence-corrected chi connectivity index (χ2v) is 6.86. The molecule has 0 fully saturated rings. The standard InChI is InChI=1S/C20H17NO2S/c22-24(23,17-16-18-10-4-1-5-11-18)21(19-12-6-2-7-13-19)20-14-8-3-9-15-20/h1-17H. The number of hydrogen-bond acceptors (Lipinski definition) is 2. The second-order valence-electron chi connectivity index (χ2n) is 5.19. The summed E-state index contributed by atoms with van der Waals surface area (Å²) < 4.78 is 27.2. The number of benzene rings is 3. The predicted octanol–water partition coefficient (Wildman–Crippen LogP) is 4.83. The Bertz CT molecular complexity index is 866. The highest BCUT2D eigenvalue weighted by Gasteiger charge is 2.21. The van der Waals surface area contributed by atoms with Gasteiger partial charge in [0.05, 0.1) is 16.8 Å². The number of rotatable bonds is 5. The average Bonchev–Trinajstić information content (AvgIpc) is 2.63. The molecule has 0 unspecified atom stereocenters. The Kier molecular flexibility index (Phi) is 4.77. The van der Waals surface area contributed by atoms with Crippen molar-refractivity contribution in [3.8, 4) is 0 Å². The van der Waals surface area contributed by atoms with Crippen LogP contribution in [0.3, 0.4) is 0 Å². The van der Waals surface area contributed by atoms with Crippen molar-refractivity contribution < 1.29 is 8.42 Å². The summed E-state index contributed by atoms with van der Waals surface area (Å²) in [6, 6.07) is 27.5. The molecule has 0 aliphatic heterocycles. The molecule has 3 aromatic carbocycles. The second kappa shape index (κ2) is 7.15. The molecule has 0 aromatic heterocycles. The Labute approximate surface area is 142 Å². The van der Waals surface area contributed by atoms with E-state index in [1.54, 1.807) is 30.3 Å². The molecule has 3 rings (SSSR count).